The Kier molecular flexibility index (Phi) is 3.33. The highest BCUT2D eigenvalue weighted by Gasteiger charge is 2.55. The van der Waals surface area contributed by atoms with Gasteiger partial charge in [0.2, 0.25) is 0 Å². The normalized spacial score (nSPS) is 38.2. The van der Waals surface area contributed by atoms with Crippen LogP contribution in [0.25, 0.3) is 0 Å². The maximum atomic E-state index is 13.1. The number of nitrogens with one attached hydrogen (secondary N) is 1. The molecule has 1 aromatic carbocycles. The quantitative estimate of drug-likeness (QED) is 0.825. The monoisotopic (exact) mass is 342 g/mol. The summed E-state index contributed by atoms with van der Waals surface area (Å²) >= 11 is 0. The van der Waals surface area contributed by atoms with E-state index in [2.05, 4.69) is 5.32 Å². The Hall–Kier alpha value is -1.75. The molecule has 5 heteroatoms. The van der Waals surface area contributed by atoms with Crippen LogP contribution < -0.4 is 15.0 Å². The molecule has 6 rings (SSSR count). The maximum Gasteiger partial charge on any atom is 0.322 e. The Bertz CT molecular complexity index is 703. The molecule has 4 bridgehead atoms. The Morgan fingerprint density at radius 2 is 2.04 bits per heavy atom. The summed E-state index contributed by atoms with van der Waals surface area (Å²) in [6.45, 7) is 3.13. The van der Waals surface area contributed by atoms with Gasteiger partial charge in [0.1, 0.15) is 12.4 Å². The standard InChI is InChI=1S/C20H26N2O3/c1-12-3-2-4-16-18(12)22(5-6-25-16)19(23)21-17-14-7-13-8-15(17)11-20(24,9-13)10-14/h2-4,13-15,17,24H,5-11H2,1H3,(H,21,23). The maximum absolute atomic E-state index is 13.1. The van der Waals surface area contributed by atoms with Crippen molar-refractivity contribution in [2.24, 2.45) is 17.8 Å². The summed E-state index contributed by atoms with van der Waals surface area (Å²) < 4.78 is 5.73. The van der Waals surface area contributed by atoms with Crippen LogP contribution in [0.15, 0.2) is 18.2 Å². The topological polar surface area (TPSA) is 61.8 Å². The van der Waals surface area contributed by atoms with Crippen LogP contribution >= 0.6 is 0 Å². The van der Waals surface area contributed by atoms with E-state index in [1.807, 2.05) is 30.0 Å². The zero-order valence-corrected chi connectivity index (χ0v) is 14.7. The lowest BCUT2D eigenvalue weighted by molar-refractivity contribution is -0.136. The summed E-state index contributed by atoms with van der Waals surface area (Å²) in [4.78, 5) is 14.9. The average Bonchev–Trinajstić information content (AvgIpc) is 2.56. The predicted molar refractivity (Wildman–Crippen MR) is 94.8 cm³/mol. The number of nitrogens with zero attached hydrogens (tertiary/aromatic N) is 1. The minimum atomic E-state index is -0.458. The van der Waals surface area contributed by atoms with E-state index in [0.29, 0.717) is 30.9 Å². The molecule has 4 aliphatic carbocycles. The molecule has 5 aliphatic rings. The summed E-state index contributed by atoms with van der Waals surface area (Å²) in [6.07, 6.45) is 4.98. The Labute approximate surface area is 148 Å². The second-order valence-corrected chi connectivity index (χ2v) is 8.59. The fourth-order valence-corrected chi connectivity index (χ4v) is 6.09. The van der Waals surface area contributed by atoms with E-state index in [0.717, 1.165) is 49.1 Å². The molecule has 1 aliphatic heterocycles. The molecule has 4 fully saturated rings. The lowest BCUT2D eigenvalue weighted by atomic mass is 9.52. The molecule has 4 saturated carbocycles. The number of fused-ring (bicyclic) bond motifs is 1. The van der Waals surface area contributed by atoms with Gasteiger partial charge < -0.3 is 15.2 Å². The molecule has 5 nitrogen and oxygen atoms in total. The van der Waals surface area contributed by atoms with Gasteiger partial charge in [-0.2, -0.15) is 0 Å². The fourth-order valence-electron chi connectivity index (χ4n) is 6.09. The van der Waals surface area contributed by atoms with Crippen LogP contribution in [-0.4, -0.2) is 35.9 Å². The van der Waals surface area contributed by atoms with Crippen molar-refractivity contribution in [1.82, 2.24) is 5.32 Å². The number of hydrogen-bond donors (Lipinski definition) is 2. The van der Waals surface area contributed by atoms with Gasteiger partial charge in [-0.15, -0.1) is 0 Å². The zero-order valence-electron chi connectivity index (χ0n) is 14.7. The lowest BCUT2D eigenvalue weighted by Crippen LogP contribution is -2.63. The SMILES string of the molecule is Cc1cccc2c1N(C(=O)NC1C3CC4CC1CC(O)(C4)C3)CCO2. The molecule has 134 valence electrons. The summed E-state index contributed by atoms with van der Waals surface area (Å²) in [6, 6.07) is 6.11. The van der Waals surface area contributed by atoms with Crippen LogP contribution in [0.1, 0.15) is 37.7 Å². The Morgan fingerprint density at radius 1 is 1.28 bits per heavy atom. The van der Waals surface area contributed by atoms with Crippen molar-refractivity contribution >= 4 is 11.7 Å². The Morgan fingerprint density at radius 3 is 2.76 bits per heavy atom. The molecule has 0 saturated heterocycles. The summed E-state index contributed by atoms with van der Waals surface area (Å²) in [5, 5.41) is 14.1. The van der Waals surface area contributed by atoms with Gasteiger partial charge in [-0.05, 0) is 68.4 Å². The van der Waals surface area contributed by atoms with Crippen LogP contribution in [0.4, 0.5) is 10.5 Å². The molecular formula is C20H26N2O3. The molecule has 2 N–H and O–H groups in total. The van der Waals surface area contributed by atoms with Gasteiger partial charge in [-0.25, -0.2) is 4.79 Å². The molecule has 25 heavy (non-hydrogen) atoms. The van der Waals surface area contributed by atoms with Gasteiger partial charge in [0, 0.05) is 6.04 Å². The van der Waals surface area contributed by atoms with E-state index in [1.54, 1.807) is 0 Å². The number of carbonyl (C=O) groups is 1. The highest BCUT2D eigenvalue weighted by atomic mass is 16.5. The van der Waals surface area contributed by atoms with E-state index in [1.165, 1.54) is 0 Å². The molecule has 2 unspecified atom stereocenters. The highest BCUT2D eigenvalue weighted by Crippen LogP contribution is 2.55. The number of ether oxygens (including phenoxy) is 1. The number of aryl methyl sites for hydroxylation is 1. The average molecular weight is 342 g/mol. The molecular weight excluding hydrogens is 316 g/mol. The summed E-state index contributed by atoms with van der Waals surface area (Å²) in [5.74, 6) is 2.30. The number of aliphatic hydroxyl groups is 1. The minimum absolute atomic E-state index is 0.0108. The van der Waals surface area contributed by atoms with Crippen LogP contribution in [0.2, 0.25) is 0 Å². The Balaban J connectivity index is 1.37. The van der Waals surface area contributed by atoms with E-state index < -0.39 is 5.60 Å². The van der Waals surface area contributed by atoms with E-state index in [4.69, 9.17) is 4.74 Å². The zero-order chi connectivity index (χ0) is 17.2. The lowest BCUT2D eigenvalue weighted by Gasteiger charge is -2.58. The van der Waals surface area contributed by atoms with Crippen molar-refractivity contribution in [1.29, 1.82) is 0 Å². The third-order valence-electron chi connectivity index (χ3n) is 6.82. The van der Waals surface area contributed by atoms with Crippen molar-refractivity contribution in [2.45, 2.75) is 50.7 Å². The number of rotatable bonds is 1. The second-order valence-electron chi connectivity index (χ2n) is 8.59. The van der Waals surface area contributed by atoms with Crippen LogP contribution in [0, 0.1) is 24.7 Å². The second kappa shape index (κ2) is 5.37. The van der Waals surface area contributed by atoms with Crippen LogP contribution in [0.5, 0.6) is 5.75 Å². The first-order valence-electron chi connectivity index (χ1n) is 9.55. The molecule has 0 spiro atoms. The van der Waals surface area contributed by atoms with Gasteiger partial charge in [0.15, 0.2) is 0 Å². The molecule has 0 aromatic heterocycles. The smallest absolute Gasteiger partial charge is 0.322 e. The number of amides is 2. The van der Waals surface area contributed by atoms with Crippen LogP contribution in [-0.2, 0) is 0 Å². The number of hydrogen-bond acceptors (Lipinski definition) is 3. The van der Waals surface area contributed by atoms with Gasteiger partial charge in [0.25, 0.3) is 0 Å². The van der Waals surface area contributed by atoms with Crippen molar-refractivity contribution < 1.29 is 14.6 Å². The minimum Gasteiger partial charge on any atom is -0.490 e. The number of carbonyl (C=O) groups excluding carboxylic acids is 1. The molecule has 1 aromatic rings. The van der Waals surface area contributed by atoms with Crippen LogP contribution in [0.3, 0.4) is 0 Å². The first-order valence-corrected chi connectivity index (χ1v) is 9.55. The van der Waals surface area contributed by atoms with Crippen molar-refractivity contribution in [3.63, 3.8) is 0 Å². The summed E-state index contributed by atoms with van der Waals surface area (Å²) in [7, 11) is 0. The van der Waals surface area contributed by atoms with Gasteiger partial charge in [-0.1, -0.05) is 12.1 Å². The van der Waals surface area contributed by atoms with Crippen molar-refractivity contribution in [3.05, 3.63) is 23.8 Å². The molecule has 2 amide bonds. The van der Waals surface area contributed by atoms with Gasteiger partial charge in [0.05, 0.1) is 17.8 Å². The number of benzene rings is 1. The molecule has 0 radical (unpaired) electrons. The fraction of sp³-hybridized carbons (Fsp3) is 0.650. The van der Waals surface area contributed by atoms with E-state index >= 15 is 0 Å². The third kappa shape index (κ3) is 2.43. The number of para-hydroxylation sites is 1. The van der Waals surface area contributed by atoms with Gasteiger partial charge >= 0.3 is 6.03 Å². The number of urea groups is 1. The first-order chi connectivity index (χ1) is 12.0. The number of anilines is 1. The van der Waals surface area contributed by atoms with E-state index in [9.17, 15) is 9.90 Å². The van der Waals surface area contributed by atoms with E-state index in [-0.39, 0.29) is 12.1 Å². The molecule has 2 atom stereocenters. The summed E-state index contributed by atoms with van der Waals surface area (Å²) in [5.41, 5.74) is 1.50. The largest absolute Gasteiger partial charge is 0.490 e. The molecule has 1 heterocycles. The predicted octanol–water partition coefficient (Wildman–Crippen LogP) is 2.84. The highest BCUT2D eigenvalue weighted by molar-refractivity contribution is 5.95. The third-order valence-corrected chi connectivity index (χ3v) is 6.82. The first kappa shape index (κ1) is 15.5. The van der Waals surface area contributed by atoms with Gasteiger partial charge in [-0.3, -0.25) is 4.90 Å². The van der Waals surface area contributed by atoms with Crippen molar-refractivity contribution in [2.75, 3.05) is 18.1 Å². The van der Waals surface area contributed by atoms with Crippen molar-refractivity contribution in [3.8, 4) is 5.75 Å².